The van der Waals surface area contributed by atoms with Crippen molar-refractivity contribution in [3.8, 4) is 11.3 Å². The quantitative estimate of drug-likeness (QED) is 0.398. The van der Waals surface area contributed by atoms with Crippen LogP contribution in [0, 0.1) is 13.8 Å². The van der Waals surface area contributed by atoms with Gasteiger partial charge in [0.25, 0.3) is 0 Å². The van der Waals surface area contributed by atoms with Crippen molar-refractivity contribution in [3.05, 3.63) is 89.2 Å². The molecule has 0 radical (unpaired) electrons. The first-order valence-electron chi connectivity index (χ1n) is 11.4. The van der Waals surface area contributed by atoms with Crippen molar-refractivity contribution in [3.63, 3.8) is 0 Å². The molecule has 1 aliphatic rings. The van der Waals surface area contributed by atoms with Crippen LogP contribution in [0.15, 0.2) is 67.0 Å². The number of para-hydroxylation sites is 1. The Hall–Kier alpha value is -2.91. The van der Waals surface area contributed by atoms with Crippen molar-refractivity contribution >= 4 is 10.9 Å². The number of pyridine rings is 1. The van der Waals surface area contributed by atoms with Gasteiger partial charge in [-0.15, -0.1) is 0 Å². The van der Waals surface area contributed by atoms with E-state index in [1.165, 1.54) is 57.3 Å². The Morgan fingerprint density at radius 3 is 2.42 bits per heavy atom. The van der Waals surface area contributed by atoms with Crippen LogP contribution >= 0.6 is 0 Å². The molecule has 0 aliphatic carbocycles. The van der Waals surface area contributed by atoms with Crippen molar-refractivity contribution < 1.29 is 0 Å². The Morgan fingerprint density at radius 1 is 0.903 bits per heavy atom. The number of fused-ring (bicyclic) bond motifs is 1. The van der Waals surface area contributed by atoms with E-state index < -0.39 is 0 Å². The van der Waals surface area contributed by atoms with E-state index in [1.807, 2.05) is 12.4 Å². The third kappa shape index (κ3) is 3.68. The third-order valence-corrected chi connectivity index (χ3v) is 7.21. The molecular formula is C28H31N3. The summed E-state index contributed by atoms with van der Waals surface area (Å²) in [5.74, 6) is 0.587. The van der Waals surface area contributed by atoms with Gasteiger partial charge >= 0.3 is 0 Å². The van der Waals surface area contributed by atoms with Crippen LogP contribution in [-0.4, -0.2) is 27.5 Å². The molecule has 3 heterocycles. The molecule has 2 aromatic carbocycles. The van der Waals surface area contributed by atoms with Crippen molar-refractivity contribution in [2.75, 3.05) is 13.1 Å². The molecule has 0 atom stereocenters. The summed E-state index contributed by atoms with van der Waals surface area (Å²) in [4.78, 5) is 6.88. The van der Waals surface area contributed by atoms with Crippen molar-refractivity contribution in [1.29, 1.82) is 0 Å². The van der Waals surface area contributed by atoms with Gasteiger partial charge in [-0.2, -0.15) is 0 Å². The maximum Gasteiger partial charge on any atom is 0.0525 e. The van der Waals surface area contributed by atoms with Crippen LogP contribution in [0.3, 0.4) is 0 Å². The van der Waals surface area contributed by atoms with E-state index in [0.717, 1.165) is 19.6 Å². The standard InChI is InChI=1S/C28H31N3/c1-20-7-6-8-24(21(20)2)19-31-17-13-22(14-18-31)27-25-9-4-5-10-26(25)30(3)28(27)23-11-15-29-16-12-23/h4-12,15-16,22H,13-14,17-19H2,1-3H3. The van der Waals surface area contributed by atoms with Gasteiger partial charge in [0.15, 0.2) is 0 Å². The van der Waals surface area contributed by atoms with E-state index >= 15 is 0 Å². The number of piperidine rings is 1. The molecular weight excluding hydrogens is 378 g/mol. The van der Waals surface area contributed by atoms with Crippen molar-refractivity contribution in [2.24, 2.45) is 7.05 Å². The molecule has 0 spiro atoms. The third-order valence-electron chi connectivity index (χ3n) is 7.21. The molecule has 0 unspecified atom stereocenters. The van der Waals surface area contributed by atoms with Gasteiger partial charge in [0.1, 0.15) is 0 Å². The van der Waals surface area contributed by atoms with Crippen LogP contribution in [0.1, 0.15) is 41.0 Å². The zero-order valence-electron chi connectivity index (χ0n) is 18.8. The van der Waals surface area contributed by atoms with E-state index in [-0.39, 0.29) is 0 Å². The topological polar surface area (TPSA) is 21.1 Å². The molecule has 0 saturated carbocycles. The van der Waals surface area contributed by atoms with Gasteiger partial charge in [-0.3, -0.25) is 9.88 Å². The van der Waals surface area contributed by atoms with Gasteiger partial charge in [0.2, 0.25) is 0 Å². The van der Waals surface area contributed by atoms with Gasteiger partial charge in [0, 0.05) is 42.5 Å². The zero-order valence-corrected chi connectivity index (χ0v) is 18.8. The van der Waals surface area contributed by atoms with E-state index in [9.17, 15) is 0 Å². The highest BCUT2D eigenvalue weighted by Gasteiger charge is 2.27. The van der Waals surface area contributed by atoms with Gasteiger partial charge < -0.3 is 4.57 Å². The number of likely N-dealkylation sites (tertiary alicyclic amines) is 1. The number of benzene rings is 2. The number of aromatic nitrogens is 2. The van der Waals surface area contributed by atoms with Crippen LogP contribution < -0.4 is 0 Å². The molecule has 3 heteroatoms. The van der Waals surface area contributed by atoms with Crippen molar-refractivity contribution in [1.82, 2.24) is 14.5 Å². The highest BCUT2D eigenvalue weighted by Crippen LogP contribution is 2.41. The molecule has 1 saturated heterocycles. The highest BCUT2D eigenvalue weighted by molar-refractivity contribution is 5.92. The molecule has 1 aliphatic heterocycles. The lowest BCUT2D eigenvalue weighted by Gasteiger charge is -2.33. The van der Waals surface area contributed by atoms with Crippen LogP contribution in [0.5, 0.6) is 0 Å². The van der Waals surface area contributed by atoms with Gasteiger partial charge in [-0.1, -0.05) is 36.4 Å². The van der Waals surface area contributed by atoms with Crippen LogP contribution in [0.4, 0.5) is 0 Å². The summed E-state index contributed by atoms with van der Waals surface area (Å²) in [6.45, 7) is 7.84. The Balaban J connectivity index is 1.44. The second-order valence-electron chi connectivity index (χ2n) is 8.98. The summed E-state index contributed by atoms with van der Waals surface area (Å²) in [5, 5.41) is 1.41. The van der Waals surface area contributed by atoms with E-state index in [1.54, 1.807) is 0 Å². The molecule has 158 valence electrons. The first kappa shape index (κ1) is 20.0. The van der Waals surface area contributed by atoms with Crippen LogP contribution in [0.2, 0.25) is 0 Å². The first-order chi connectivity index (χ1) is 15.1. The predicted octanol–water partition coefficient (Wildman–Crippen LogP) is 6.24. The zero-order chi connectivity index (χ0) is 21.4. The number of hydrogen-bond acceptors (Lipinski definition) is 2. The highest BCUT2D eigenvalue weighted by atomic mass is 15.1. The molecule has 5 rings (SSSR count). The van der Waals surface area contributed by atoms with Crippen LogP contribution in [-0.2, 0) is 13.6 Å². The molecule has 2 aromatic heterocycles. The van der Waals surface area contributed by atoms with E-state index in [4.69, 9.17) is 0 Å². The minimum atomic E-state index is 0.587. The summed E-state index contributed by atoms with van der Waals surface area (Å²) in [6, 6.07) is 19.9. The summed E-state index contributed by atoms with van der Waals surface area (Å²) in [5.41, 5.74) is 9.78. The van der Waals surface area contributed by atoms with E-state index in [2.05, 4.69) is 89.9 Å². The molecule has 1 fully saturated rings. The lowest BCUT2D eigenvalue weighted by molar-refractivity contribution is 0.205. The molecule has 31 heavy (non-hydrogen) atoms. The minimum absolute atomic E-state index is 0.587. The predicted molar refractivity (Wildman–Crippen MR) is 129 cm³/mol. The van der Waals surface area contributed by atoms with Gasteiger partial charge in [-0.25, -0.2) is 0 Å². The summed E-state index contributed by atoms with van der Waals surface area (Å²) in [7, 11) is 2.21. The van der Waals surface area contributed by atoms with Crippen LogP contribution in [0.25, 0.3) is 22.2 Å². The fourth-order valence-corrected chi connectivity index (χ4v) is 5.30. The Morgan fingerprint density at radius 2 is 1.65 bits per heavy atom. The lowest BCUT2D eigenvalue weighted by atomic mass is 9.86. The van der Waals surface area contributed by atoms with Gasteiger partial charge in [-0.05, 0) is 86.1 Å². The fourth-order valence-electron chi connectivity index (χ4n) is 5.30. The number of aryl methyl sites for hydroxylation is 2. The molecule has 3 nitrogen and oxygen atoms in total. The second-order valence-corrected chi connectivity index (χ2v) is 8.98. The number of nitrogens with zero attached hydrogens (tertiary/aromatic N) is 3. The second kappa shape index (κ2) is 8.32. The Kier molecular flexibility index (Phi) is 5.37. The molecule has 0 N–H and O–H groups in total. The summed E-state index contributed by atoms with van der Waals surface area (Å²) >= 11 is 0. The fraction of sp³-hybridized carbons (Fsp3) is 0.321. The maximum atomic E-state index is 4.24. The Bertz CT molecular complexity index is 1200. The molecule has 0 amide bonds. The van der Waals surface area contributed by atoms with E-state index in [0.29, 0.717) is 5.92 Å². The lowest BCUT2D eigenvalue weighted by Crippen LogP contribution is -2.32. The molecule has 0 bridgehead atoms. The SMILES string of the molecule is Cc1cccc(CN2CCC(c3c(-c4ccncc4)n(C)c4ccccc34)CC2)c1C. The monoisotopic (exact) mass is 409 g/mol. The number of rotatable bonds is 4. The van der Waals surface area contributed by atoms with Gasteiger partial charge in [0.05, 0.1) is 5.69 Å². The maximum absolute atomic E-state index is 4.24. The van der Waals surface area contributed by atoms with Crippen molar-refractivity contribution in [2.45, 2.75) is 39.2 Å². The summed E-state index contributed by atoms with van der Waals surface area (Å²) in [6.07, 6.45) is 6.22. The average Bonchev–Trinajstić information content (AvgIpc) is 3.11. The largest absolute Gasteiger partial charge is 0.343 e. The smallest absolute Gasteiger partial charge is 0.0525 e. The summed E-state index contributed by atoms with van der Waals surface area (Å²) < 4.78 is 2.38. The minimum Gasteiger partial charge on any atom is -0.343 e. The number of hydrogen-bond donors (Lipinski definition) is 0. The average molecular weight is 410 g/mol. The molecule has 4 aromatic rings. The first-order valence-corrected chi connectivity index (χ1v) is 11.4. The Labute approximate surface area is 185 Å². The normalized spacial score (nSPS) is 15.6.